The van der Waals surface area contributed by atoms with Crippen LogP contribution in [-0.4, -0.2) is 30.1 Å². The zero-order valence-electron chi connectivity index (χ0n) is 15.1. The monoisotopic (exact) mass is 346 g/mol. The highest BCUT2D eigenvalue weighted by Gasteiger charge is 2.17. The van der Waals surface area contributed by atoms with Crippen molar-refractivity contribution >= 4 is 17.9 Å². The summed E-state index contributed by atoms with van der Waals surface area (Å²) in [6, 6.07) is 5.44. The maximum Gasteiger partial charge on any atom is 0.321 e. The highest BCUT2D eigenvalue weighted by atomic mass is 16.5. The molecule has 1 aliphatic rings. The lowest BCUT2D eigenvalue weighted by molar-refractivity contribution is -0.147. The van der Waals surface area contributed by atoms with Crippen LogP contribution in [0, 0.1) is 0 Å². The van der Waals surface area contributed by atoms with Crippen LogP contribution in [0.3, 0.4) is 0 Å². The molecule has 0 bridgehead atoms. The number of esters is 1. The quantitative estimate of drug-likeness (QED) is 0.819. The normalized spacial score (nSPS) is 13.6. The smallest absolute Gasteiger partial charge is 0.321 e. The number of aryl methyl sites for hydroxylation is 2. The zero-order chi connectivity index (χ0) is 18.4. The van der Waals surface area contributed by atoms with Crippen LogP contribution in [-0.2, 0) is 33.6 Å². The van der Waals surface area contributed by atoms with E-state index in [9.17, 15) is 14.4 Å². The van der Waals surface area contributed by atoms with E-state index < -0.39 is 30.1 Å². The second-order valence-corrected chi connectivity index (χ2v) is 7.40. The van der Waals surface area contributed by atoms with Crippen LogP contribution in [0.1, 0.15) is 50.3 Å². The van der Waals surface area contributed by atoms with Crippen molar-refractivity contribution in [2.75, 3.05) is 6.61 Å². The molecule has 136 valence electrons. The van der Waals surface area contributed by atoms with E-state index in [1.165, 1.54) is 24.0 Å². The van der Waals surface area contributed by atoms with Crippen molar-refractivity contribution in [2.24, 2.45) is 0 Å². The number of carbonyl (C=O) groups excluding carboxylic acids is 3. The molecule has 2 rings (SSSR count). The molecule has 2 N–H and O–H groups in total. The number of carbonyl (C=O) groups is 3. The lowest BCUT2D eigenvalue weighted by Crippen LogP contribution is -2.49. The molecule has 6 nitrogen and oxygen atoms in total. The first-order chi connectivity index (χ1) is 11.7. The summed E-state index contributed by atoms with van der Waals surface area (Å²) in [5, 5.41) is 4.73. The molecule has 0 atom stereocenters. The van der Waals surface area contributed by atoms with Crippen LogP contribution in [0.25, 0.3) is 0 Å². The Hall–Kier alpha value is -2.37. The number of urea groups is 1. The number of amides is 3. The number of hydrogen-bond acceptors (Lipinski definition) is 4. The van der Waals surface area contributed by atoms with Gasteiger partial charge in [0, 0.05) is 5.54 Å². The third kappa shape index (κ3) is 6.57. The molecule has 0 spiro atoms. The fourth-order valence-electron chi connectivity index (χ4n) is 2.80. The van der Waals surface area contributed by atoms with Crippen molar-refractivity contribution in [3.8, 4) is 0 Å². The Labute approximate surface area is 148 Å². The maximum absolute atomic E-state index is 11.9. The van der Waals surface area contributed by atoms with Crippen molar-refractivity contribution < 1.29 is 19.1 Å². The highest BCUT2D eigenvalue weighted by molar-refractivity contribution is 5.95. The van der Waals surface area contributed by atoms with Gasteiger partial charge < -0.3 is 10.1 Å². The second-order valence-electron chi connectivity index (χ2n) is 7.40. The molecule has 0 fully saturated rings. The Kier molecular flexibility index (Phi) is 6.17. The van der Waals surface area contributed by atoms with Gasteiger partial charge in [0.2, 0.25) is 0 Å². The number of ether oxygens (including phenoxy) is 1. The van der Waals surface area contributed by atoms with Crippen LogP contribution in [0.2, 0.25) is 0 Å². The predicted octanol–water partition coefficient (Wildman–Crippen LogP) is 2.28. The SMILES string of the molecule is CC(C)(C)NC(=O)NC(=O)COC(=O)Cc1ccc2c(c1)CCCC2. The molecule has 6 heteroatoms. The minimum absolute atomic E-state index is 0.120. The van der Waals surface area contributed by atoms with Crippen molar-refractivity contribution in [3.63, 3.8) is 0 Å². The molecule has 0 aliphatic heterocycles. The van der Waals surface area contributed by atoms with Gasteiger partial charge in [-0.15, -0.1) is 0 Å². The minimum Gasteiger partial charge on any atom is -0.455 e. The summed E-state index contributed by atoms with van der Waals surface area (Å²) in [5.41, 5.74) is 3.09. The van der Waals surface area contributed by atoms with Crippen LogP contribution < -0.4 is 10.6 Å². The summed E-state index contributed by atoms with van der Waals surface area (Å²) in [7, 11) is 0. The van der Waals surface area contributed by atoms with Gasteiger partial charge in [-0.25, -0.2) is 4.79 Å². The standard InChI is InChI=1S/C19H26N2O4/c1-19(2,3)21-18(24)20-16(22)12-25-17(23)11-13-8-9-14-6-4-5-7-15(14)10-13/h8-10H,4-7,11-12H2,1-3H3,(H2,20,21,22,24). The van der Waals surface area contributed by atoms with E-state index in [2.05, 4.69) is 16.7 Å². The maximum atomic E-state index is 11.9. The van der Waals surface area contributed by atoms with E-state index in [1.54, 1.807) is 20.8 Å². The molecule has 3 amide bonds. The van der Waals surface area contributed by atoms with E-state index in [0.29, 0.717) is 0 Å². The topological polar surface area (TPSA) is 84.5 Å². The Morgan fingerprint density at radius 2 is 1.76 bits per heavy atom. The molecule has 1 aromatic carbocycles. The van der Waals surface area contributed by atoms with Gasteiger partial charge in [0.1, 0.15) is 0 Å². The molecule has 1 aliphatic carbocycles. The molecule has 0 unspecified atom stereocenters. The van der Waals surface area contributed by atoms with Crippen molar-refractivity contribution in [1.29, 1.82) is 0 Å². The fourth-order valence-corrected chi connectivity index (χ4v) is 2.80. The third-order valence-corrected chi connectivity index (χ3v) is 3.87. The van der Waals surface area contributed by atoms with E-state index >= 15 is 0 Å². The van der Waals surface area contributed by atoms with Crippen LogP contribution in [0.15, 0.2) is 18.2 Å². The molecule has 0 aromatic heterocycles. The summed E-state index contributed by atoms with van der Waals surface area (Å²) in [6.45, 7) is 4.93. The van der Waals surface area contributed by atoms with Gasteiger partial charge in [0.15, 0.2) is 6.61 Å². The van der Waals surface area contributed by atoms with Crippen molar-refractivity contribution in [2.45, 2.75) is 58.4 Å². The lowest BCUT2D eigenvalue weighted by Gasteiger charge is -2.20. The summed E-state index contributed by atoms with van der Waals surface area (Å²) in [5.74, 6) is -1.14. The average molecular weight is 346 g/mol. The van der Waals surface area contributed by atoms with Gasteiger partial charge in [0.25, 0.3) is 5.91 Å². The molecular weight excluding hydrogens is 320 g/mol. The highest BCUT2D eigenvalue weighted by Crippen LogP contribution is 2.22. The first-order valence-corrected chi connectivity index (χ1v) is 8.61. The number of benzene rings is 1. The van der Waals surface area contributed by atoms with Crippen molar-refractivity contribution in [1.82, 2.24) is 10.6 Å². The molecule has 0 radical (unpaired) electrons. The largest absolute Gasteiger partial charge is 0.455 e. The molecule has 0 saturated heterocycles. The summed E-state index contributed by atoms with van der Waals surface area (Å²) < 4.78 is 4.95. The van der Waals surface area contributed by atoms with Crippen LogP contribution in [0.5, 0.6) is 0 Å². The Morgan fingerprint density at radius 1 is 1.08 bits per heavy atom. The number of hydrogen-bond donors (Lipinski definition) is 2. The first-order valence-electron chi connectivity index (χ1n) is 8.61. The van der Waals surface area contributed by atoms with Gasteiger partial charge in [-0.3, -0.25) is 14.9 Å². The van der Waals surface area contributed by atoms with Crippen LogP contribution >= 0.6 is 0 Å². The number of fused-ring (bicyclic) bond motifs is 1. The predicted molar refractivity (Wildman–Crippen MR) is 94.2 cm³/mol. The molecule has 1 aromatic rings. The van der Waals surface area contributed by atoms with E-state index in [-0.39, 0.29) is 6.42 Å². The minimum atomic E-state index is -0.652. The lowest BCUT2D eigenvalue weighted by atomic mass is 9.90. The third-order valence-electron chi connectivity index (χ3n) is 3.87. The Balaban J connectivity index is 1.77. The molecular formula is C19H26N2O4. The van der Waals surface area contributed by atoms with Crippen molar-refractivity contribution in [3.05, 3.63) is 34.9 Å². The van der Waals surface area contributed by atoms with Gasteiger partial charge in [0.05, 0.1) is 6.42 Å². The molecule has 0 saturated carbocycles. The Bertz CT molecular complexity index is 662. The van der Waals surface area contributed by atoms with E-state index in [0.717, 1.165) is 18.4 Å². The Morgan fingerprint density at radius 3 is 2.44 bits per heavy atom. The fraction of sp³-hybridized carbons (Fsp3) is 0.526. The molecule has 0 heterocycles. The first kappa shape index (κ1) is 19.0. The number of rotatable bonds is 4. The van der Waals surface area contributed by atoms with Gasteiger partial charge in [-0.2, -0.15) is 0 Å². The molecule has 25 heavy (non-hydrogen) atoms. The second kappa shape index (κ2) is 8.14. The van der Waals surface area contributed by atoms with Gasteiger partial charge >= 0.3 is 12.0 Å². The van der Waals surface area contributed by atoms with E-state index in [1.807, 2.05) is 12.1 Å². The van der Waals surface area contributed by atoms with Gasteiger partial charge in [-0.05, 0) is 63.1 Å². The van der Waals surface area contributed by atoms with Crippen LogP contribution in [0.4, 0.5) is 4.79 Å². The number of nitrogens with one attached hydrogen (secondary N) is 2. The van der Waals surface area contributed by atoms with Gasteiger partial charge in [-0.1, -0.05) is 18.2 Å². The van der Waals surface area contributed by atoms with E-state index in [4.69, 9.17) is 4.74 Å². The summed E-state index contributed by atoms with van der Waals surface area (Å²) >= 11 is 0. The average Bonchev–Trinajstić information content (AvgIpc) is 2.51. The summed E-state index contributed by atoms with van der Waals surface area (Å²) in [6.07, 6.45) is 4.65. The summed E-state index contributed by atoms with van der Waals surface area (Å²) in [4.78, 5) is 35.1. The zero-order valence-corrected chi connectivity index (χ0v) is 15.1. The number of imide groups is 1.